The Morgan fingerprint density at radius 3 is 2.55 bits per heavy atom. The van der Waals surface area contributed by atoms with Crippen molar-refractivity contribution in [2.75, 3.05) is 19.6 Å². The van der Waals surface area contributed by atoms with Gasteiger partial charge in [0, 0.05) is 18.2 Å². The van der Waals surface area contributed by atoms with Crippen LogP contribution in [0.25, 0.3) is 0 Å². The lowest BCUT2D eigenvalue weighted by atomic mass is 9.96. The second kappa shape index (κ2) is 6.19. The minimum Gasteiger partial charge on any atom is -0.314 e. The lowest BCUT2D eigenvalue weighted by Gasteiger charge is -2.32. The van der Waals surface area contributed by atoms with E-state index in [0.717, 1.165) is 44.4 Å². The third-order valence-corrected chi connectivity index (χ3v) is 4.41. The van der Waals surface area contributed by atoms with Crippen LogP contribution in [0.2, 0.25) is 0 Å². The van der Waals surface area contributed by atoms with Crippen molar-refractivity contribution >= 4 is 0 Å². The molecule has 0 atom stereocenters. The van der Waals surface area contributed by atoms with Crippen LogP contribution in [0, 0.1) is 17.6 Å². The number of likely N-dealkylation sites (tertiary alicyclic amines) is 1. The van der Waals surface area contributed by atoms with E-state index in [1.165, 1.54) is 18.9 Å². The maximum Gasteiger partial charge on any atom is 0.163 e. The van der Waals surface area contributed by atoms with Crippen molar-refractivity contribution in [3.05, 3.63) is 35.4 Å². The molecule has 0 radical (unpaired) electrons. The highest BCUT2D eigenvalue weighted by Gasteiger charge is 2.24. The number of halogens is 2. The summed E-state index contributed by atoms with van der Waals surface area (Å²) in [5.74, 6) is -0.694. The standard InChI is InChI=1S/C16H22F2N2/c17-15-3-1-2-13(16(15)18)11-20-8-6-12(7-9-20)10-19-14-4-5-14/h1-3,12,14,19H,4-11H2. The lowest BCUT2D eigenvalue weighted by molar-refractivity contribution is 0.173. The van der Waals surface area contributed by atoms with Crippen LogP contribution in [-0.4, -0.2) is 30.6 Å². The molecule has 2 nitrogen and oxygen atoms in total. The Morgan fingerprint density at radius 2 is 1.85 bits per heavy atom. The second-order valence-electron chi connectivity index (χ2n) is 6.11. The van der Waals surface area contributed by atoms with Gasteiger partial charge in [0.25, 0.3) is 0 Å². The monoisotopic (exact) mass is 280 g/mol. The molecule has 110 valence electrons. The van der Waals surface area contributed by atoms with E-state index >= 15 is 0 Å². The summed E-state index contributed by atoms with van der Waals surface area (Å²) in [4.78, 5) is 2.23. The van der Waals surface area contributed by atoms with Crippen molar-refractivity contribution in [3.63, 3.8) is 0 Å². The van der Waals surface area contributed by atoms with Crippen LogP contribution in [0.3, 0.4) is 0 Å². The third kappa shape index (κ3) is 3.55. The molecule has 1 saturated heterocycles. The number of benzene rings is 1. The molecule has 1 saturated carbocycles. The van der Waals surface area contributed by atoms with E-state index in [0.29, 0.717) is 12.1 Å². The van der Waals surface area contributed by atoms with Crippen LogP contribution in [0.15, 0.2) is 18.2 Å². The minimum atomic E-state index is -0.744. The number of hydrogen-bond donors (Lipinski definition) is 1. The Balaban J connectivity index is 1.46. The number of piperidine rings is 1. The topological polar surface area (TPSA) is 15.3 Å². The fourth-order valence-electron chi connectivity index (χ4n) is 2.88. The van der Waals surface area contributed by atoms with Gasteiger partial charge < -0.3 is 5.32 Å². The van der Waals surface area contributed by atoms with Crippen molar-refractivity contribution in [1.82, 2.24) is 10.2 Å². The minimum absolute atomic E-state index is 0.472. The van der Waals surface area contributed by atoms with Gasteiger partial charge in [-0.05, 0) is 57.3 Å². The fraction of sp³-hybridized carbons (Fsp3) is 0.625. The van der Waals surface area contributed by atoms with E-state index in [2.05, 4.69) is 10.2 Å². The van der Waals surface area contributed by atoms with Crippen LogP contribution in [0.4, 0.5) is 8.78 Å². The molecule has 4 heteroatoms. The van der Waals surface area contributed by atoms with Gasteiger partial charge in [-0.15, -0.1) is 0 Å². The zero-order valence-corrected chi connectivity index (χ0v) is 11.7. The normalized spacial score (nSPS) is 21.3. The van der Waals surface area contributed by atoms with Gasteiger partial charge in [0.05, 0.1) is 0 Å². The predicted molar refractivity (Wildman–Crippen MR) is 75.4 cm³/mol. The predicted octanol–water partition coefficient (Wildman–Crippen LogP) is 2.93. The number of nitrogens with one attached hydrogen (secondary N) is 1. The molecule has 0 unspecified atom stereocenters. The third-order valence-electron chi connectivity index (χ3n) is 4.41. The second-order valence-corrected chi connectivity index (χ2v) is 6.11. The molecule has 3 rings (SSSR count). The highest BCUT2D eigenvalue weighted by atomic mass is 19.2. The van der Waals surface area contributed by atoms with Gasteiger partial charge in [0.1, 0.15) is 0 Å². The average molecular weight is 280 g/mol. The molecule has 1 aliphatic heterocycles. The highest BCUT2D eigenvalue weighted by Crippen LogP contribution is 2.23. The maximum atomic E-state index is 13.6. The Kier molecular flexibility index (Phi) is 4.32. The molecular weight excluding hydrogens is 258 g/mol. The summed E-state index contributed by atoms with van der Waals surface area (Å²) in [6.45, 7) is 3.60. The Labute approximate surface area is 119 Å². The summed E-state index contributed by atoms with van der Waals surface area (Å²) in [6.07, 6.45) is 4.96. The summed E-state index contributed by atoms with van der Waals surface area (Å²) >= 11 is 0. The summed E-state index contributed by atoms with van der Waals surface area (Å²) in [5, 5.41) is 3.58. The van der Waals surface area contributed by atoms with Crippen LogP contribution in [0.1, 0.15) is 31.2 Å². The molecule has 2 fully saturated rings. The van der Waals surface area contributed by atoms with E-state index in [1.54, 1.807) is 12.1 Å². The molecule has 0 amide bonds. The summed E-state index contributed by atoms with van der Waals surface area (Å²) in [6, 6.07) is 5.21. The number of hydrogen-bond acceptors (Lipinski definition) is 2. The smallest absolute Gasteiger partial charge is 0.163 e. The summed E-state index contributed by atoms with van der Waals surface area (Å²) in [7, 11) is 0. The van der Waals surface area contributed by atoms with Crippen LogP contribution < -0.4 is 5.32 Å². The van der Waals surface area contributed by atoms with Crippen LogP contribution >= 0.6 is 0 Å². The van der Waals surface area contributed by atoms with Crippen LogP contribution in [-0.2, 0) is 6.54 Å². The Bertz CT molecular complexity index is 452. The number of nitrogens with zero attached hydrogens (tertiary/aromatic N) is 1. The molecule has 1 aromatic carbocycles. The summed E-state index contributed by atoms with van der Waals surface area (Å²) in [5.41, 5.74) is 0.472. The lowest BCUT2D eigenvalue weighted by Crippen LogP contribution is -2.37. The zero-order chi connectivity index (χ0) is 13.9. The highest BCUT2D eigenvalue weighted by molar-refractivity contribution is 5.18. The maximum absolute atomic E-state index is 13.6. The molecule has 1 aromatic rings. The van der Waals surface area contributed by atoms with E-state index in [9.17, 15) is 8.78 Å². The Morgan fingerprint density at radius 1 is 1.10 bits per heavy atom. The van der Waals surface area contributed by atoms with Gasteiger partial charge in [-0.25, -0.2) is 8.78 Å². The molecule has 1 heterocycles. The van der Waals surface area contributed by atoms with E-state index < -0.39 is 11.6 Å². The first-order chi connectivity index (χ1) is 9.72. The van der Waals surface area contributed by atoms with Gasteiger partial charge in [-0.1, -0.05) is 12.1 Å². The van der Waals surface area contributed by atoms with Crippen molar-refractivity contribution in [2.24, 2.45) is 5.92 Å². The van der Waals surface area contributed by atoms with Gasteiger partial charge in [0.2, 0.25) is 0 Å². The first kappa shape index (κ1) is 14.0. The molecule has 0 spiro atoms. The van der Waals surface area contributed by atoms with Crippen molar-refractivity contribution in [2.45, 2.75) is 38.3 Å². The average Bonchev–Trinajstić information content (AvgIpc) is 3.27. The van der Waals surface area contributed by atoms with Crippen molar-refractivity contribution in [3.8, 4) is 0 Å². The molecule has 20 heavy (non-hydrogen) atoms. The number of rotatable bonds is 5. The first-order valence-electron chi connectivity index (χ1n) is 7.61. The molecular formula is C16H22F2N2. The van der Waals surface area contributed by atoms with E-state index in [-0.39, 0.29) is 0 Å². The quantitative estimate of drug-likeness (QED) is 0.892. The molecule has 1 N–H and O–H groups in total. The molecule has 0 aromatic heterocycles. The first-order valence-corrected chi connectivity index (χ1v) is 7.61. The summed E-state index contributed by atoms with van der Waals surface area (Å²) < 4.78 is 26.8. The van der Waals surface area contributed by atoms with Gasteiger partial charge in [-0.2, -0.15) is 0 Å². The van der Waals surface area contributed by atoms with Gasteiger partial charge >= 0.3 is 0 Å². The fourth-order valence-corrected chi connectivity index (χ4v) is 2.88. The molecule has 1 aliphatic carbocycles. The van der Waals surface area contributed by atoms with Gasteiger partial charge in [0.15, 0.2) is 11.6 Å². The molecule has 0 bridgehead atoms. The van der Waals surface area contributed by atoms with Crippen molar-refractivity contribution < 1.29 is 8.78 Å². The van der Waals surface area contributed by atoms with Crippen molar-refractivity contribution in [1.29, 1.82) is 0 Å². The SMILES string of the molecule is Fc1cccc(CN2CCC(CNC3CC3)CC2)c1F. The Hall–Kier alpha value is -1.00. The zero-order valence-electron chi connectivity index (χ0n) is 11.7. The molecule has 2 aliphatic rings. The van der Waals surface area contributed by atoms with E-state index in [4.69, 9.17) is 0 Å². The van der Waals surface area contributed by atoms with Crippen LogP contribution in [0.5, 0.6) is 0 Å². The van der Waals surface area contributed by atoms with Gasteiger partial charge in [-0.3, -0.25) is 4.90 Å². The van der Waals surface area contributed by atoms with E-state index in [1.807, 2.05) is 0 Å². The largest absolute Gasteiger partial charge is 0.314 e.